The van der Waals surface area contributed by atoms with Crippen molar-refractivity contribution in [2.45, 2.75) is 45.2 Å². The largest absolute Gasteiger partial charge is 0.394 e. The zero-order chi connectivity index (χ0) is 17.0. The molecule has 128 valence electrons. The van der Waals surface area contributed by atoms with Gasteiger partial charge in [-0.3, -0.25) is 4.79 Å². The van der Waals surface area contributed by atoms with Gasteiger partial charge in [-0.1, -0.05) is 0 Å². The third-order valence-corrected chi connectivity index (χ3v) is 3.81. The van der Waals surface area contributed by atoms with Crippen molar-refractivity contribution in [2.24, 2.45) is 0 Å². The third-order valence-electron chi connectivity index (χ3n) is 3.81. The van der Waals surface area contributed by atoms with Gasteiger partial charge in [0.1, 0.15) is 18.0 Å². The second-order valence-corrected chi connectivity index (χ2v) is 7.06. The molecule has 1 fully saturated rings. The van der Waals surface area contributed by atoms with E-state index in [0.717, 1.165) is 25.2 Å². The number of hydrogen-bond donors (Lipinski definition) is 2. The quantitative estimate of drug-likeness (QED) is 0.834. The molecule has 7 nitrogen and oxygen atoms in total. The maximum absolute atomic E-state index is 12.0. The van der Waals surface area contributed by atoms with Crippen molar-refractivity contribution in [3.8, 4) is 0 Å². The molecule has 7 heteroatoms. The Morgan fingerprint density at radius 3 is 2.87 bits per heavy atom. The van der Waals surface area contributed by atoms with Crippen LogP contribution >= 0.6 is 0 Å². The summed E-state index contributed by atoms with van der Waals surface area (Å²) in [7, 11) is 1.84. The van der Waals surface area contributed by atoms with Crippen molar-refractivity contribution in [3.05, 3.63) is 12.4 Å². The maximum atomic E-state index is 12.0. The van der Waals surface area contributed by atoms with E-state index in [1.807, 2.05) is 33.9 Å². The first-order valence-electron chi connectivity index (χ1n) is 8.02. The van der Waals surface area contributed by atoms with Crippen molar-refractivity contribution in [1.29, 1.82) is 0 Å². The minimum atomic E-state index is -0.251. The number of carbonyl (C=O) groups excluding carboxylic acids is 1. The number of aliphatic hydroxyl groups excluding tert-OH is 1. The van der Waals surface area contributed by atoms with E-state index >= 15 is 0 Å². The van der Waals surface area contributed by atoms with E-state index in [0.29, 0.717) is 5.82 Å². The molecule has 2 heterocycles. The lowest BCUT2D eigenvalue weighted by molar-refractivity contribution is -0.121. The van der Waals surface area contributed by atoms with Crippen LogP contribution < -0.4 is 15.1 Å². The summed E-state index contributed by atoms with van der Waals surface area (Å²) < 4.78 is 0. The molecule has 0 bridgehead atoms. The topological polar surface area (TPSA) is 81.6 Å². The van der Waals surface area contributed by atoms with E-state index in [1.54, 1.807) is 4.90 Å². The van der Waals surface area contributed by atoms with Crippen LogP contribution in [0.1, 0.15) is 33.6 Å². The molecule has 1 unspecified atom stereocenters. The molecule has 0 saturated carbocycles. The Balaban J connectivity index is 2.05. The predicted molar refractivity (Wildman–Crippen MR) is 90.7 cm³/mol. The van der Waals surface area contributed by atoms with Crippen molar-refractivity contribution in [2.75, 3.05) is 36.5 Å². The number of aromatic nitrogens is 2. The number of anilines is 2. The van der Waals surface area contributed by atoms with E-state index in [2.05, 4.69) is 20.2 Å². The Labute approximate surface area is 137 Å². The van der Waals surface area contributed by atoms with E-state index in [1.165, 1.54) is 6.33 Å². The second kappa shape index (κ2) is 7.12. The molecule has 1 aromatic heterocycles. The van der Waals surface area contributed by atoms with Crippen molar-refractivity contribution in [3.63, 3.8) is 0 Å². The van der Waals surface area contributed by atoms with Crippen molar-refractivity contribution >= 4 is 17.5 Å². The van der Waals surface area contributed by atoms with Crippen LogP contribution in [0.4, 0.5) is 11.6 Å². The van der Waals surface area contributed by atoms with E-state index < -0.39 is 0 Å². The highest BCUT2D eigenvalue weighted by atomic mass is 16.3. The highest BCUT2D eigenvalue weighted by Crippen LogP contribution is 2.25. The Hall–Kier alpha value is -1.89. The van der Waals surface area contributed by atoms with Gasteiger partial charge in [-0.25, -0.2) is 9.97 Å². The summed E-state index contributed by atoms with van der Waals surface area (Å²) in [6.45, 7) is 7.11. The molecule has 0 aliphatic carbocycles. The summed E-state index contributed by atoms with van der Waals surface area (Å²) in [6, 6.07) is 1.99. The van der Waals surface area contributed by atoms with Gasteiger partial charge in [0.15, 0.2) is 0 Å². The van der Waals surface area contributed by atoms with Crippen LogP contribution in [0.15, 0.2) is 12.4 Å². The average Bonchev–Trinajstić information content (AvgIpc) is 2.93. The number of nitrogens with one attached hydrogen (secondary N) is 1. The molecule has 1 saturated heterocycles. The van der Waals surface area contributed by atoms with Gasteiger partial charge in [-0.15, -0.1) is 0 Å². The Bertz CT molecular complexity index is 544. The van der Waals surface area contributed by atoms with Gasteiger partial charge in [-0.2, -0.15) is 0 Å². The van der Waals surface area contributed by atoms with Gasteiger partial charge in [0, 0.05) is 25.2 Å². The summed E-state index contributed by atoms with van der Waals surface area (Å²) >= 11 is 0. The van der Waals surface area contributed by atoms with Gasteiger partial charge in [0.2, 0.25) is 5.91 Å². The monoisotopic (exact) mass is 321 g/mol. The number of hydrogen-bond acceptors (Lipinski definition) is 6. The predicted octanol–water partition coefficient (Wildman–Crippen LogP) is 0.789. The molecular weight excluding hydrogens is 294 g/mol. The van der Waals surface area contributed by atoms with Crippen LogP contribution in [0.2, 0.25) is 0 Å². The summed E-state index contributed by atoms with van der Waals surface area (Å²) in [5.74, 6) is 1.45. The third kappa shape index (κ3) is 4.79. The highest BCUT2D eigenvalue weighted by Gasteiger charge is 2.25. The first kappa shape index (κ1) is 17.5. The van der Waals surface area contributed by atoms with E-state index in [4.69, 9.17) is 0 Å². The maximum Gasteiger partial charge on any atom is 0.239 e. The van der Waals surface area contributed by atoms with E-state index in [9.17, 15) is 9.90 Å². The Kier molecular flexibility index (Phi) is 5.41. The average molecular weight is 321 g/mol. The molecule has 1 aromatic rings. The summed E-state index contributed by atoms with van der Waals surface area (Å²) in [4.78, 5) is 24.5. The first-order valence-corrected chi connectivity index (χ1v) is 8.02. The van der Waals surface area contributed by atoms with Gasteiger partial charge >= 0.3 is 0 Å². The van der Waals surface area contributed by atoms with Crippen molar-refractivity contribution < 1.29 is 9.90 Å². The second-order valence-electron chi connectivity index (χ2n) is 7.06. The van der Waals surface area contributed by atoms with Gasteiger partial charge in [0.05, 0.1) is 19.2 Å². The Morgan fingerprint density at radius 2 is 2.22 bits per heavy atom. The fraction of sp³-hybridized carbons (Fsp3) is 0.688. The van der Waals surface area contributed by atoms with Crippen LogP contribution in [0.3, 0.4) is 0 Å². The zero-order valence-electron chi connectivity index (χ0n) is 14.4. The van der Waals surface area contributed by atoms with E-state index in [-0.39, 0.29) is 30.6 Å². The van der Waals surface area contributed by atoms with Crippen LogP contribution in [0.25, 0.3) is 0 Å². The SMILES string of the molecule is CN(CC(=O)NC(C)(C)C)c1cc(N2CCCC2CO)ncn1. The van der Waals surface area contributed by atoms with Crippen LogP contribution in [-0.2, 0) is 4.79 Å². The minimum absolute atomic E-state index is 0.0467. The molecule has 1 amide bonds. The number of likely N-dealkylation sites (N-methyl/N-ethyl adjacent to an activating group) is 1. The molecule has 1 aliphatic heterocycles. The van der Waals surface area contributed by atoms with Crippen LogP contribution in [-0.4, -0.2) is 59.3 Å². The molecule has 0 aromatic carbocycles. The fourth-order valence-corrected chi connectivity index (χ4v) is 2.78. The number of aliphatic hydroxyl groups is 1. The fourth-order valence-electron chi connectivity index (χ4n) is 2.78. The molecule has 23 heavy (non-hydrogen) atoms. The van der Waals surface area contributed by atoms with Gasteiger partial charge in [0.25, 0.3) is 0 Å². The van der Waals surface area contributed by atoms with Gasteiger partial charge in [-0.05, 0) is 33.6 Å². The molecule has 0 radical (unpaired) electrons. The van der Waals surface area contributed by atoms with Crippen LogP contribution in [0, 0.1) is 0 Å². The smallest absolute Gasteiger partial charge is 0.239 e. The molecule has 2 N–H and O–H groups in total. The number of amides is 1. The molecule has 2 rings (SSSR count). The lowest BCUT2D eigenvalue weighted by atomic mass is 10.1. The van der Waals surface area contributed by atoms with Crippen molar-refractivity contribution in [1.82, 2.24) is 15.3 Å². The highest BCUT2D eigenvalue weighted by molar-refractivity contribution is 5.81. The normalized spacial score (nSPS) is 18.1. The summed E-state index contributed by atoms with van der Waals surface area (Å²) in [6.07, 6.45) is 3.53. The molecular formula is C16H27N5O2. The summed E-state index contributed by atoms with van der Waals surface area (Å²) in [5, 5.41) is 12.4. The zero-order valence-corrected chi connectivity index (χ0v) is 14.4. The standard InChI is InChI=1S/C16H27N5O2/c1-16(2,3)19-15(23)9-20(4)13-8-14(18-11-17-13)21-7-5-6-12(21)10-22/h8,11-12,22H,5-7,9-10H2,1-4H3,(H,19,23). The molecule has 0 spiro atoms. The minimum Gasteiger partial charge on any atom is -0.394 e. The first-order chi connectivity index (χ1) is 10.8. The Morgan fingerprint density at radius 1 is 1.48 bits per heavy atom. The van der Waals surface area contributed by atoms with Gasteiger partial charge < -0.3 is 20.2 Å². The number of nitrogens with zero attached hydrogens (tertiary/aromatic N) is 4. The lowest BCUT2D eigenvalue weighted by Gasteiger charge is -2.26. The lowest BCUT2D eigenvalue weighted by Crippen LogP contribution is -2.45. The number of rotatable bonds is 5. The summed E-state index contributed by atoms with van der Waals surface area (Å²) in [5.41, 5.74) is -0.251. The molecule has 1 atom stereocenters. The van der Waals surface area contributed by atoms with Crippen LogP contribution in [0.5, 0.6) is 0 Å². The number of carbonyl (C=O) groups is 1. The molecule has 1 aliphatic rings.